The zero-order chi connectivity index (χ0) is 17.6. The molecule has 0 spiro atoms. The molecule has 0 aliphatic carbocycles. The summed E-state index contributed by atoms with van der Waals surface area (Å²) < 4.78 is 0. The first-order chi connectivity index (χ1) is 12.0. The van der Waals surface area contributed by atoms with Crippen molar-refractivity contribution < 1.29 is 9.59 Å². The number of fused-ring (bicyclic) bond motifs is 1. The van der Waals surface area contributed by atoms with Crippen molar-refractivity contribution in [3.8, 4) is 0 Å². The highest BCUT2D eigenvalue weighted by Crippen LogP contribution is 2.42. The second-order valence-corrected chi connectivity index (χ2v) is 8.00. The number of amides is 2. The van der Waals surface area contributed by atoms with E-state index in [-0.39, 0.29) is 42.0 Å². The fraction of sp³-hybridized carbons (Fsp3) is 0.579. The zero-order valence-electron chi connectivity index (χ0n) is 14.8. The Morgan fingerprint density at radius 2 is 1.96 bits per heavy atom. The van der Waals surface area contributed by atoms with Crippen molar-refractivity contribution >= 4 is 41.5 Å². The Balaban J connectivity index is 0.00000196. The first-order valence-electron chi connectivity index (χ1n) is 9.14. The van der Waals surface area contributed by atoms with Crippen LogP contribution in [0, 0.1) is 17.8 Å². The Morgan fingerprint density at radius 1 is 1.27 bits per heavy atom. The second kappa shape index (κ2) is 7.75. The standard InChI is InChI=1S/C19H24ClN3O2.ClH/c1-11(13-9-21-10-13)19(25)23-6-4-12(5-7-23)17-15-3-2-14(20)8-16(15)22-18(17)24;/h2-3,8,11-13,17,21H,4-7,9-10H2,1H3,(H,22,24);1H. The molecular formula is C19H25Cl2N3O2. The number of rotatable bonds is 3. The summed E-state index contributed by atoms with van der Waals surface area (Å²) >= 11 is 6.03. The number of benzene rings is 1. The van der Waals surface area contributed by atoms with Gasteiger partial charge in [0, 0.05) is 29.7 Å². The molecule has 3 aliphatic heterocycles. The monoisotopic (exact) mass is 397 g/mol. The third-order valence-corrected chi connectivity index (χ3v) is 6.36. The molecule has 0 radical (unpaired) electrons. The van der Waals surface area contributed by atoms with Gasteiger partial charge in [-0.05, 0) is 55.5 Å². The summed E-state index contributed by atoms with van der Waals surface area (Å²) in [7, 11) is 0. The molecular weight excluding hydrogens is 373 g/mol. The van der Waals surface area contributed by atoms with Crippen molar-refractivity contribution in [3.05, 3.63) is 28.8 Å². The van der Waals surface area contributed by atoms with Crippen LogP contribution in [0.15, 0.2) is 18.2 Å². The molecule has 2 unspecified atom stereocenters. The van der Waals surface area contributed by atoms with E-state index in [1.54, 1.807) is 0 Å². The molecule has 0 bridgehead atoms. The molecule has 3 aliphatic rings. The number of hydrogen-bond donors (Lipinski definition) is 2. The summed E-state index contributed by atoms with van der Waals surface area (Å²) in [6.45, 7) is 5.45. The van der Waals surface area contributed by atoms with Gasteiger partial charge >= 0.3 is 0 Å². The van der Waals surface area contributed by atoms with Crippen molar-refractivity contribution in [1.29, 1.82) is 0 Å². The van der Waals surface area contributed by atoms with Crippen LogP contribution in [0.1, 0.15) is 31.2 Å². The first kappa shape index (κ1) is 19.5. The van der Waals surface area contributed by atoms with Crippen molar-refractivity contribution in [2.75, 3.05) is 31.5 Å². The van der Waals surface area contributed by atoms with E-state index in [1.807, 2.05) is 30.0 Å². The number of carbonyl (C=O) groups is 2. The molecule has 0 saturated carbocycles. The minimum Gasteiger partial charge on any atom is -0.342 e. The van der Waals surface area contributed by atoms with E-state index in [0.29, 0.717) is 10.9 Å². The molecule has 2 saturated heterocycles. The fourth-order valence-electron chi connectivity index (χ4n) is 4.34. The molecule has 2 N–H and O–H groups in total. The lowest BCUT2D eigenvalue weighted by Gasteiger charge is -2.39. The first-order valence-corrected chi connectivity index (χ1v) is 9.52. The molecule has 2 amide bonds. The van der Waals surface area contributed by atoms with Gasteiger partial charge < -0.3 is 15.5 Å². The number of piperidine rings is 1. The lowest BCUT2D eigenvalue weighted by atomic mass is 9.80. The van der Waals surface area contributed by atoms with Gasteiger partial charge in [-0.1, -0.05) is 24.6 Å². The maximum atomic E-state index is 12.7. The topological polar surface area (TPSA) is 61.4 Å². The number of halogens is 2. The van der Waals surface area contributed by atoms with Crippen molar-refractivity contribution in [1.82, 2.24) is 10.2 Å². The molecule has 4 rings (SSSR count). The van der Waals surface area contributed by atoms with E-state index in [0.717, 1.165) is 50.3 Å². The molecule has 5 nitrogen and oxygen atoms in total. The van der Waals surface area contributed by atoms with E-state index < -0.39 is 0 Å². The average molecular weight is 398 g/mol. The molecule has 0 aromatic heterocycles. The van der Waals surface area contributed by atoms with Gasteiger partial charge in [-0.3, -0.25) is 9.59 Å². The van der Waals surface area contributed by atoms with Crippen LogP contribution < -0.4 is 10.6 Å². The Labute approximate surface area is 165 Å². The summed E-state index contributed by atoms with van der Waals surface area (Å²) in [6.07, 6.45) is 1.75. The van der Waals surface area contributed by atoms with Crippen LogP contribution >= 0.6 is 24.0 Å². The molecule has 142 valence electrons. The van der Waals surface area contributed by atoms with Gasteiger partial charge in [0.2, 0.25) is 11.8 Å². The third kappa shape index (κ3) is 3.45. The summed E-state index contributed by atoms with van der Waals surface area (Å²) in [5.74, 6) is 1.08. The molecule has 2 atom stereocenters. The van der Waals surface area contributed by atoms with Crippen molar-refractivity contribution in [3.63, 3.8) is 0 Å². The molecule has 2 fully saturated rings. The number of nitrogens with zero attached hydrogens (tertiary/aromatic N) is 1. The highest BCUT2D eigenvalue weighted by Gasteiger charge is 2.40. The van der Waals surface area contributed by atoms with Crippen LogP contribution in [-0.2, 0) is 9.59 Å². The van der Waals surface area contributed by atoms with Crippen molar-refractivity contribution in [2.24, 2.45) is 17.8 Å². The minimum absolute atomic E-state index is 0. The van der Waals surface area contributed by atoms with Crippen LogP contribution in [0.3, 0.4) is 0 Å². The van der Waals surface area contributed by atoms with Gasteiger partial charge in [0.05, 0.1) is 5.92 Å². The molecule has 26 heavy (non-hydrogen) atoms. The summed E-state index contributed by atoms with van der Waals surface area (Å²) in [6, 6.07) is 5.63. The van der Waals surface area contributed by atoms with Gasteiger partial charge in [-0.2, -0.15) is 0 Å². The van der Waals surface area contributed by atoms with Gasteiger partial charge in [0.15, 0.2) is 0 Å². The Hall–Kier alpha value is -1.30. The maximum Gasteiger partial charge on any atom is 0.232 e. The van der Waals surface area contributed by atoms with Gasteiger partial charge in [0.1, 0.15) is 0 Å². The molecule has 7 heteroatoms. The lowest BCUT2D eigenvalue weighted by Crippen LogP contribution is -2.51. The number of likely N-dealkylation sites (tertiary alicyclic amines) is 1. The van der Waals surface area contributed by atoms with E-state index >= 15 is 0 Å². The summed E-state index contributed by atoms with van der Waals surface area (Å²) in [4.78, 5) is 27.1. The van der Waals surface area contributed by atoms with Gasteiger partial charge in [0.25, 0.3) is 0 Å². The van der Waals surface area contributed by atoms with E-state index in [9.17, 15) is 9.59 Å². The minimum atomic E-state index is -0.113. The van der Waals surface area contributed by atoms with Crippen LogP contribution in [0.5, 0.6) is 0 Å². The number of hydrogen-bond acceptors (Lipinski definition) is 3. The van der Waals surface area contributed by atoms with Crippen LogP contribution in [-0.4, -0.2) is 42.9 Å². The molecule has 1 aromatic carbocycles. The SMILES string of the molecule is CC(C(=O)N1CCC(C2C(=O)Nc3cc(Cl)ccc32)CC1)C1CNC1.Cl. The summed E-state index contributed by atoms with van der Waals surface area (Å²) in [5.41, 5.74) is 1.89. The largest absolute Gasteiger partial charge is 0.342 e. The van der Waals surface area contributed by atoms with Crippen molar-refractivity contribution in [2.45, 2.75) is 25.7 Å². The van der Waals surface area contributed by atoms with E-state index in [4.69, 9.17) is 11.6 Å². The molecule has 1 aromatic rings. The highest BCUT2D eigenvalue weighted by molar-refractivity contribution is 6.31. The van der Waals surface area contributed by atoms with Crippen LogP contribution in [0.25, 0.3) is 0 Å². The smallest absolute Gasteiger partial charge is 0.232 e. The summed E-state index contributed by atoms with van der Waals surface area (Å²) in [5, 5.41) is 6.83. The highest BCUT2D eigenvalue weighted by atomic mass is 35.5. The van der Waals surface area contributed by atoms with Crippen LogP contribution in [0.4, 0.5) is 5.69 Å². The van der Waals surface area contributed by atoms with Gasteiger partial charge in [-0.15, -0.1) is 12.4 Å². The van der Waals surface area contributed by atoms with E-state index in [2.05, 4.69) is 10.6 Å². The second-order valence-electron chi connectivity index (χ2n) is 7.57. The zero-order valence-corrected chi connectivity index (χ0v) is 16.4. The number of anilines is 1. The Kier molecular flexibility index (Phi) is 5.80. The number of nitrogens with one attached hydrogen (secondary N) is 2. The third-order valence-electron chi connectivity index (χ3n) is 6.12. The predicted molar refractivity (Wildman–Crippen MR) is 105 cm³/mol. The average Bonchev–Trinajstić information content (AvgIpc) is 2.87. The Bertz CT molecular complexity index is 700. The fourth-order valence-corrected chi connectivity index (χ4v) is 4.51. The maximum absolute atomic E-state index is 12.7. The molecule has 3 heterocycles. The predicted octanol–water partition coefficient (Wildman–Crippen LogP) is 2.89. The Morgan fingerprint density at radius 3 is 2.58 bits per heavy atom. The van der Waals surface area contributed by atoms with Crippen LogP contribution in [0.2, 0.25) is 5.02 Å². The van der Waals surface area contributed by atoms with Gasteiger partial charge in [-0.25, -0.2) is 0 Å². The lowest BCUT2D eigenvalue weighted by molar-refractivity contribution is -0.139. The van der Waals surface area contributed by atoms with E-state index in [1.165, 1.54) is 0 Å². The number of carbonyl (C=O) groups excluding carboxylic acids is 2. The normalized spacial score (nSPS) is 24.3. The quantitative estimate of drug-likeness (QED) is 0.823.